The van der Waals surface area contributed by atoms with Crippen LogP contribution in [0.25, 0.3) is 34.3 Å². The van der Waals surface area contributed by atoms with Gasteiger partial charge < -0.3 is 15.1 Å². The number of nitrogens with two attached hydrogens (primary N) is 1. The van der Waals surface area contributed by atoms with Gasteiger partial charge in [0, 0.05) is 36.1 Å². The van der Waals surface area contributed by atoms with Crippen LogP contribution in [0.3, 0.4) is 0 Å². The number of aromatic nitrogens is 5. The van der Waals surface area contributed by atoms with Crippen molar-refractivity contribution in [2.24, 2.45) is 5.92 Å². The quantitative estimate of drug-likeness (QED) is 0.452. The molecule has 1 aliphatic heterocycles. The van der Waals surface area contributed by atoms with Crippen molar-refractivity contribution in [2.45, 2.75) is 32.6 Å². The molecule has 0 radical (unpaired) electrons. The maximum absolute atomic E-state index is 9.45. The van der Waals surface area contributed by atoms with E-state index in [4.69, 9.17) is 10.2 Å². The van der Waals surface area contributed by atoms with Crippen molar-refractivity contribution in [2.75, 3.05) is 23.7 Å². The van der Waals surface area contributed by atoms with E-state index in [1.807, 2.05) is 38.1 Å². The zero-order valence-corrected chi connectivity index (χ0v) is 19.9. The van der Waals surface area contributed by atoms with Gasteiger partial charge in [0.2, 0.25) is 5.89 Å². The SMILES string of the molecule is C[C@H]1CCN(c2ccc(-c3nnc(-c4nc(-c5ccnc(C(C)(C)C#N)c5)cnc4N)o3)cc2)C1. The van der Waals surface area contributed by atoms with Crippen LogP contribution in [0.15, 0.2) is 53.2 Å². The minimum atomic E-state index is -0.732. The third kappa shape index (κ3) is 4.43. The van der Waals surface area contributed by atoms with Crippen LogP contribution in [-0.2, 0) is 5.41 Å². The zero-order valence-electron chi connectivity index (χ0n) is 19.9. The summed E-state index contributed by atoms with van der Waals surface area (Å²) in [5.74, 6) is 1.48. The number of pyridine rings is 1. The predicted molar refractivity (Wildman–Crippen MR) is 133 cm³/mol. The lowest BCUT2D eigenvalue weighted by atomic mass is 9.90. The van der Waals surface area contributed by atoms with Gasteiger partial charge >= 0.3 is 0 Å². The minimum Gasteiger partial charge on any atom is -0.414 e. The number of hydrogen-bond donors (Lipinski definition) is 1. The maximum Gasteiger partial charge on any atom is 0.270 e. The Morgan fingerprint density at radius 1 is 1.09 bits per heavy atom. The summed E-state index contributed by atoms with van der Waals surface area (Å²) in [5.41, 5.74) is 9.66. The van der Waals surface area contributed by atoms with E-state index in [0.29, 0.717) is 28.9 Å². The van der Waals surface area contributed by atoms with E-state index >= 15 is 0 Å². The van der Waals surface area contributed by atoms with Gasteiger partial charge in [-0.1, -0.05) is 6.92 Å². The smallest absolute Gasteiger partial charge is 0.270 e. The molecule has 1 fully saturated rings. The lowest BCUT2D eigenvalue weighted by molar-refractivity contribution is 0.582. The molecule has 35 heavy (non-hydrogen) atoms. The summed E-state index contributed by atoms with van der Waals surface area (Å²) in [5, 5.41) is 17.8. The van der Waals surface area contributed by atoms with E-state index in [2.05, 4.69) is 55.2 Å². The van der Waals surface area contributed by atoms with Gasteiger partial charge in [-0.05, 0) is 62.6 Å². The molecule has 4 heterocycles. The van der Waals surface area contributed by atoms with Crippen molar-refractivity contribution < 1.29 is 4.42 Å². The van der Waals surface area contributed by atoms with Gasteiger partial charge in [-0.15, -0.1) is 10.2 Å². The van der Waals surface area contributed by atoms with E-state index in [1.54, 1.807) is 12.4 Å². The lowest BCUT2D eigenvalue weighted by Gasteiger charge is -2.18. The van der Waals surface area contributed by atoms with Crippen molar-refractivity contribution in [3.63, 3.8) is 0 Å². The average Bonchev–Trinajstić information content (AvgIpc) is 3.54. The standard InChI is InChI=1S/C26H26N8O/c1-16-9-11-34(14-16)19-6-4-17(5-7-19)24-32-33-25(35-24)22-23(28)30-13-20(31-22)18-8-10-29-21(12-18)26(2,3)15-27/h4-8,10,12-13,16H,9,11,14H2,1-3H3,(H2,28,30)/t16-/m0/s1. The van der Waals surface area contributed by atoms with Crippen LogP contribution in [0, 0.1) is 17.2 Å². The first-order valence-corrected chi connectivity index (χ1v) is 11.5. The first-order valence-electron chi connectivity index (χ1n) is 11.5. The van der Waals surface area contributed by atoms with Gasteiger partial charge in [0.1, 0.15) is 0 Å². The van der Waals surface area contributed by atoms with E-state index in [9.17, 15) is 5.26 Å². The number of nitrogen functional groups attached to an aromatic ring is 1. The third-order valence-electron chi connectivity index (χ3n) is 6.31. The first kappa shape index (κ1) is 22.5. The van der Waals surface area contributed by atoms with Crippen LogP contribution in [-0.4, -0.2) is 38.2 Å². The van der Waals surface area contributed by atoms with Crippen LogP contribution in [0.5, 0.6) is 0 Å². The molecule has 2 N–H and O–H groups in total. The monoisotopic (exact) mass is 466 g/mol. The largest absolute Gasteiger partial charge is 0.414 e. The number of rotatable bonds is 5. The highest BCUT2D eigenvalue weighted by Gasteiger charge is 2.23. The topological polar surface area (TPSA) is 131 Å². The van der Waals surface area contributed by atoms with Crippen LogP contribution < -0.4 is 10.6 Å². The number of benzene rings is 1. The molecule has 0 aliphatic carbocycles. The van der Waals surface area contributed by atoms with E-state index < -0.39 is 5.41 Å². The maximum atomic E-state index is 9.45. The minimum absolute atomic E-state index is 0.189. The molecule has 0 unspecified atom stereocenters. The third-order valence-corrected chi connectivity index (χ3v) is 6.31. The van der Waals surface area contributed by atoms with E-state index in [-0.39, 0.29) is 11.7 Å². The summed E-state index contributed by atoms with van der Waals surface area (Å²) in [6.07, 6.45) is 4.44. The van der Waals surface area contributed by atoms with Crippen LogP contribution >= 0.6 is 0 Å². The number of hydrogen-bond acceptors (Lipinski definition) is 9. The number of anilines is 2. The molecule has 1 aliphatic rings. The Labute approximate surface area is 203 Å². The van der Waals surface area contributed by atoms with Gasteiger partial charge in [-0.25, -0.2) is 9.97 Å². The molecule has 0 bridgehead atoms. The fourth-order valence-electron chi connectivity index (χ4n) is 4.10. The van der Waals surface area contributed by atoms with Gasteiger partial charge in [-0.3, -0.25) is 4.98 Å². The van der Waals surface area contributed by atoms with Crippen molar-refractivity contribution in [1.29, 1.82) is 5.26 Å². The van der Waals surface area contributed by atoms with Gasteiger partial charge in [0.05, 0.1) is 29.1 Å². The average molecular weight is 467 g/mol. The van der Waals surface area contributed by atoms with Crippen molar-refractivity contribution in [1.82, 2.24) is 25.1 Å². The second-order valence-corrected chi connectivity index (χ2v) is 9.45. The van der Waals surface area contributed by atoms with Crippen molar-refractivity contribution in [3.8, 4) is 40.4 Å². The second-order valence-electron chi connectivity index (χ2n) is 9.45. The van der Waals surface area contributed by atoms with Crippen LogP contribution in [0.2, 0.25) is 0 Å². The molecule has 176 valence electrons. The Bertz CT molecular complexity index is 1400. The Morgan fingerprint density at radius 2 is 1.86 bits per heavy atom. The normalized spacial score (nSPS) is 15.8. The lowest BCUT2D eigenvalue weighted by Crippen LogP contribution is -2.18. The Morgan fingerprint density at radius 3 is 2.57 bits per heavy atom. The molecule has 1 saturated heterocycles. The fraction of sp³-hybridized carbons (Fsp3) is 0.308. The van der Waals surface area contributed by atoms with E-state index in [1.165, 1.54) is 12.1 Å². The Balaban J connectivity index is 1.42. The number of nitrogens with zero attached hydrogens (tertiary/aromatic N) is 7. The first-order chi connectivity index (χ1) is 16.8. The molecule has 3 aromatic heterocycles. The Hall–Kier alpha value is -4.32. The van der Waals surface area contributed by atoms with E-state index in [0.717, 1.165) is 24.2 Å². The molecule has 5 rings (SSSR count). The highest BCUT2D eigenvalue weighted by Crippen LogP contribution is 2.31. The van der Waals surface area contributed by atoms with Gasteiger partial charge in [0.25, 0.3) is 5.89 Å². The summed E-state index contributed by atoms with van der Waals surface area (Å²) in [7, 11) is 0. The van der Waals surface area contributed by atoms with Gasteiger partial charge in [0.15, 0.2) is 11.5 Å². The summed E-state index contributed by atoms with van der Waals surface area (Å²) in [6, 6.07) is 14.0. The molecule has 0 amide bonds. The Kier molecular flexibility index (Phi) is 5.65. The van der Waals surface area contributed by atoms with Crippen molar-refractivity contribution in [3.05, 3.63) is 54.5 Å². The fourth-order valence-corrected chi connectivity index (χ4v) is 4.10. The molecule has 9 heteroatoms. The van der Waals surface area contributed by atoms with Crippen LogP contribution in [0.4, 0.5) is 11.5 Å². The zero-order chi connectivity index (χ0) is 24.6. The predicted octanol–water partition coefficient (Wildman–Crippen LogP) is 4.49. The van der Waals surface area contributed by atoms with Gasteiger partial charge in [-0.2, -0.15) is 5.26 Å². The molecule has 9 nitrogen and oxygen atoms in total. The summed E-state index contributed by atoms with van der Waals surface area (Å²) < 4.78 is 5.93. The molecule has 0 saturated carbocycles. The summed E-state index contributed by atoms with van der Waals surface area (Å²) in [6.45, 7) is 8.06. The number of nitriles is 1. The molecule has 0 spiro atoms. The molecular weight excluding hydrogens is 440 g/mol. The van der Waals surface area contributed by atoms with Crippen LogP contribution in [0.1, 0.15) is 32.9 Å². The molecule has 1 atom stereocenters. The highest BCUT2D eigenvalue weighted by molar-refractivity contribution is 5.69. The molecule has 1 aromatic carbocycles. The van der Waals surface area contributed by atoms with Crippen molar-refractivity contribution >= 4 is 11.5 Å². The summed E-state index contributed by atoms with van der Waals surface area (Å²) >= 11 is 0. The summed E-state index contributed by atoms with van der Waals surface area (Å²) in [4.78, 5) is 15.7. The highest BCUT2D eigenvalue weighted by atomic mass is 16.4. The molecule has 4 aromatic rings. The molecular formula is C26H26N8O. The second kappa shape index (κ2) is 8.80.